The van der Waals surface area contributed by atoms with Gasteiger partial charge in [-0.1, -0.05) is 0 Å². The zero-order valence-corrected chi connectivity index (χ0v) is 6.02. The second-order valence-corrected chi connectivity index (χ2v) is 2.79. The minimum atomic E-state index is -0.998. The SMILES string of the molecule is OCC(F)C1CCNCC1. The predicted molar refractivity (Wildman–Crippen MR) is 37.6 cm³/mol. The van der Waals surface area contributed by atoms with Crippen LogP contribution in [-0.2, 0) is 0 Å². The Labute approximate surface area is 60.4 Å². The van der Waals surface area contributed by atoms with Crippen LogP contribution in [-0.4, -0.2) is 31.0 Å². The molecule has 1 saturated heterocycles. The van der Waals surface area contributed by atoms with E-state index in [-0.39, 0.29) is 12.5 Å². The third kappa shape index (κ3) is 1.92. The van der Waals surface area contributed by atoms with Crippen LogP contribution >= 0.6 is 0 Å². The molecule has 1 atom stereocenters. The molecule has 0 bridgehead atoms. The van der Waals surface area contributed by atoms with Crippen molar-refractivity contribution in [2.24, 2.45) is 5.92 Å². The third-order valence-electron chi connectivity index (χ3n) is 2.07. The van der Waals surface area contributed by atoms with Gasteiger partial charge in [-0.05, 0) is 31.8 Å². The highest BCUT2D eigenvalue weighted by molar-refractivity contribution is 4.74. The minimum absolute atomic E-state index is 0.0891. The van der Waals surface area contributed by atoms with Gasteiger partial charge in [0, 0.05) is 0 Å². The molecule has 0 aromatic heterocycles. The molecule has 60 valence electrons. The second-order valence-electron chi connectivity index (χ2n) is 2.79. The number of hydrogen-bond acceptors (Lipinski definition) is 2. The first kappa shape index (κ1) is 7.95. The molecule has 0 aliphatic carbocycles. The molecule has 1 unspecified atom stereocenters. The molecule has 2 N–H and O–H groups in total. The summed E-state index contributed by atoms with van der Waals surface area (Å²) in [6.45, 7) is 1.47. The van der Waals surface area contributed by atoms with E-state index in [0.717, 1.165) is 25.9 Å². The number of halogens is 1. The minimum Gasteiger partial charge on any atom is -0.393 e. The van der Waals surface area contributed by atoms with E-state index in [1.807, 2.05) is 0 Å². The van der Waals surface area contributed by atoms with E-state index in [1.54, 1.807) is 0 Å². The number of piperidine rings is 1. The summed E-state index contributed by atoms with van der Waals surface area (Å²) in [5, 5.41) is 11.6. The van der Waals surface area contributed by atoms with Gasteiger partial charge in [0.15, 0.2) is 0 Å². The van der Waals surface area contributed by atoms with Crippen LogP contribution < -0.4 is 5.32 Å². The molecule has 0 aromatic carbocycles. The van der Waals surface area contributed by atoms with E-state index in [0.29, 0.717) is 0 Å². The third-order valence-corrected chi connectivity index (χ3v) is 2.07. The van der Waals surface area contributed by atoms with Crippen LogP contribution in [0.4, 0.5) is 4.39 Å². The van der Waals surface area contributed by atoms with Crippen molar-refractivity contribution in [2.75, 3.05) is 19.7 Å². The Balaban J connectivity index is 2.24. The van der Waals surface area contributed by atoms with Crippen LogP contribution in [0.2, 0.25) is 0 Å². The second kappa shape index (κ2) is 3.88. The molecular weight excluding hydrogens is 133 g/mol. The first-order chi connectivity index (χ1) is 4.84. The van der Waals surface area contributed by atoms with Crippen molar-refractivity contribution < 1.29 is 9.50 Å². The van der Waals surface area contributed by atoms with Gasteiger partial charge in [-0.2, -0.15) is 0 Å². The molecular formula is C7H14FNO. The number of aliphatic hydroxyl groups excluding tert-OH is 1. The van der Waals surface area contributed by atoms with Crippen molar-refractivity contribution >= 4 is 0 Å². The lowest BCUT2D eigenvalue weighted by Crippen LogP contribution is -2.33. The Kier molecular flexibility index (Phi) is 3.09. The molecule has 10 heavy (non-hydrogen) atoms. The fourth-order valence-electron chi connectivity index (χ4n) is 1.36. The van der Waals surface area contributed by atoms with Crippen molar-refractivity contribution in [3.63, 3.8) is 0 Å². The lowest BCUT2D eigenvalue weighted by molar-refractivity contribution is 0.108. The molecule has 1 rings (SSSR count). The first-order valence-electron chi connectivity index (χ1n) is 3.80. The standard InChI is InChI=1S/C7H14FNO/c8-7(5-10)6-1-3-9-4-2-6/h6-7,9-10H,1-5H2. The largest absolute Gasteiger partial charge is 0.393 e. The predicted octanol–water partition coefficient (Wildman–Crippen LogP) is 0.316. The van der Waals surface area contributed by atoms with E-state index >= 15 is 0 Å². The maximum Gasteiger partial charge on any atom is 0.126 e. The smallest absolute Gasteiger partial charge is 0.126 e. The molecule has 3 heteroatoms. The van der Waals surface area contributed by atoms with Gasteiger partial charge in [0.1, 0.15) is 6.17 Å². The molecule has 1 heterocycles. The molecule has 1 aliphatic rings. The Morgan fingerprint density at radius 2 is 2.10 bits per heavy atom. The first-order valence-corrected chi connectivity index (χ1v) is 3.80. The number of alkyl halides is 1. The van der Waals surface area contributed by atoms with Crippen LogP contribution in [0.25, 0.3) is 0 Å². The Morgan fingerprint density at radius 3 is 2.60 bits per heavy atom. The normalized spacial score (nSPS) is 24.6. The van der Waals surface area contributed by atoms with Crippen LogP contribution in [0.5, 0.6) is 0 Å². The summed E-state index contributed by atoms with van der Waals surface area (Å²) in [4.78, 5) is 0. The quantitative estimate of drug-likeness (QED) is 0.589. The number of nitrogens with one attached hydrogen (secondary N) is 1. The molecule has 0 aromatic rings. The number of aliphatic hydroxyl groups is 1. The van der Waals surface area contributed by atoms with E-state index in [2.05, 4.69) is 5.32 Å². The van der Waals surface area contributed by atoms with Gasteiger partial charge in [-0.25, -0.2) is 4.39 Å². The van der Waals surface area contributed by atoms with Gasteiger partial charge in [0.25, 0.3) is 0 Å². The summed E-state index contributed by atoms with van der Waals surface area (Å²) >= 11 is 0. The molecule has 1 aliphatic heterocycles. The summed E-state index contributed by atoms with van der Waals surface area (Å²) < 4.78 is 12.7. The number of hydrogen-bond donors (Lipinski definition) is 2. The van der Waals surface area contributed by atoms with Gasteiger partial charge in [0.2, 0.25) is 0 Å². The van der Waals surface area contributed by atoms with Crippen molar-refractivity contribution in [2.45, 2.75) is 19.0 Å². The summed E-state index contributed by atoms with van der Waals surface area (Å²) in [7, 11) is 0. The molecule has 0 spiro atoms. The van der Waals surface area contributed by atoms with Crippen LogP contribution in [0.15, 0.2) is 0 Å². The van der Waals surface area contributed by atoms with Crippen LogP contribution in [0.1, 0.15) is 12.8 Å². The van der Waals surface area contributed by atoms with Crippen molar-refractivity contribution in [3.8, 4) is 0 Å². The molecule has 2 nitrogen and oxygen atoms in total. The average Bonchev–Trinajstić information content (AvgIpc) is 2.05. The highest BCUT2D eigenvalue weighted by Gasteiger charge is 2.21. The fraction of sp³-hybridized carbons (Fsp3) is 1.00. The van der Waals surface area contributed by atoms with Gasteiger partial charge < -0.3 is 10.4 Å². The lowest BCUT2D eigenvalue weighted by Gasteiger charge is -2.24. The number of rotatable bonds is 2. The molecule has 0 saturated carbocycles. The van der Waals surface area contributed by atoms with Crippen LogP contribution in [0.3, 0.4) is 0 Å². The van der Waals surface area contributed by atoms with Gasteiger partial charge in [-0.15, -0.1) is 0 Å². The van der Waals surface area contributed by atoms with Crippen molar-refractivity contribution in [1.82, 2.24) is 5.32 Å². The van der Waals surface area contributed by atoms with Crippen molar-refractivity contribution in [3.05, 3.63) is 0 Å². The Hall–Kier alpha value is -0.150. The lowest BCUT2D eigenvalue weighted by atomic mass is 9.94. The van der Waals surface area contributed by atoms with E-state index in [4.69, 9.17) is 5.11 Å². The highest BCUT2D eigenvalue weighted by Crippen LogP contribution is 2.18. The zero-order chi connectivity index (χ0) is 7.40. The zero-order valence-electron chi connectivity index (χ0n) is 6.02. The Bertz CT molecular complexity index is 93.6. The summed E-state index contributed by atoms with van der Waals surface area (Å²) in [6, 6.07) is 0. The Morgan fingerprint density at radius 1 is 1.50 bits per heavy atom. The summed E-state index contributed by atoms with van der Waals surface area (Å²) in [5.74, 6) is 0.0891. The molecule has 1 fully saturated rings. The monoisotopic (exact) mass is 147 g/mol. The topological polar surface area (TPSA) is 32.3 Å². The summed E-state index contributed by atoms with van der Waals surface area (Å²) in [6.07, 6.45) is 0.728. The van der Waals surface area contributed by atoms with Crippen LogP contribution in [0, 0.1) is 5.92 Å². The van der Waals surface area contributed by atoms with Crippen molar-refractivity contribution in [1.29, 1.82) is 0 Å². The van der Waals surface area contributed by atoms with E-state index in [9.17, 15) is 4.39 Å². The maximum absolute atomic E-state index is 12.7. The van der Waals surface area contributed by atoms with Gasteiger partial charge in [0.05, 0.1) is 6.61 Å². The average molecular weight is 147 g/mol. The highest BCUT2D eigenvalue weighted by atomic mass is 19.1. The fourth-order valence-corrected chi connectivity index (χ4v) is 1.36. The van der Waals surface area contributed by atoms with E-state index in [1.165, 1.54) is 0 Å². The maximum atomic E-state index is 12.7. The molecule has 0 radical (unpaired) electrons. The summed E-state index contributed by atoms with van der Waals surface area (Å²) in [5.41, 5.74) is 0. The molecule has 0 amide bonds. The van der Waals surface area contributed by atoms with Gasteiger partial charge in [-0.3, -0.25) is 0 Å². The van der Waals surface area contributed by atoms with Gasteiger partial charge >= 0.3 is 0 Å². The van der Waals surface area contributed by atoms with E-state index < -0.39 is 6.17 Å².